The van der Waals surface area contributed by atoms with Gasteiger partial charge in [-0.25, -0.2) is 0 Å². The lowest BCUT2D eigenvalue weighted by atomic mass is 10.1. The molecular formula is C9H12ClNO2. The lowest BCUT2D eigenvalue weighted by Crippen LogP contribution is -1.99. The van der Waals surface area contributed by atoms with Crippen LogP contribution in [0.1, 0.15) is 17.7 Å². The second kappa shape index (κ2) is 5.54. The van der Waals surface area contributed by atoms with E-state index in [-0.39, 0.29) is 18.8 Å². The Morgan fingerprint density at radius 1 is 1.62 bits per heavy atom. The minimum absolute atomic E-state index is 0. The van der Waals surface area contributed by atoms with E-state index in [1.807, 2.05) is 19.1 Å². The van der Waals surface area contributed by atoms with Gasteiger partial charge in [-0.05, 0) is 25.0 Å². The summed E-state index contributed by atoms with van der Waals surface area (Å²) < 4.78 is 0. The smallest absolute Gasteiger partial charge is 0.303 e. The fourth-order valence-corrected chi connectivity index (χ4v) is 1.02. The van der Waals surface area contributed by atoms with Crippen LogP contribution in [0.2, 0.25) is 0 Å². The fraction of sp³-hybridized carbons (Fsp3) is 0.333. The minimum atomic E-state index is -0.766. The van der Waals surface area contributed by atoms with E-state index in [0.717, 1.165) is 11.3 Å². The third-order valence-electron chi connectivity index (χ3n) is 1.72. The van der Waals surface area contributed by atoms with E-state index in [9.17, 15) is 4.79 Å². The Bertz CT molecular complexity index is 289. The molecule has 1 aromatic heterocycles. The van der Waals surface area contributed by atoms with Gasteiger partial charge in [0.05, 0.1) is 0 Å². The summed E-state index contributed by atoms with van der Waals surface area (Å²) in [5.74, 6) is -0.766. The average Bonchev–Trinajstić information content (AvgIpc) is 2.03. The summed E-state index contributed by atoms with van der Waals surface area (Å²) in [5, 5.41) is 8.45. The van der Waals surface area contributed by atoms with Gasteiger partial charge >= 0.3 is 5.97 Å². The number of pyridine rings is 1. The van der Waals surface area contributed by atoms with Crippen molar-refractivity contribution in [3.8, 4) is 0 Å². The molecule has 0 spiro atoms. The molecule has 0 radical (unpaired) electrons. The molecule has 72 valence electrons. The maximum absolute atomic E-state index is 10.3. The van der Waals surface area contributed by atoms with Gasteiger partial charge < -0.3 is 5.11 Å². The molecule has 1 rings (SSSR count). The second-order valence-electron chi connectivity index (χ2n) is 2.64. The number of halogens is 1. The van der Waals surface area contributed by atoms with Crippen molar-refractivity contribution in [2.45, 2.75) is 19.8 Å². The number of carbonyl (C=O) groups is 1. The van der Waals surface area contributed by atoms with E-state index in [4.69, 9.17) is 5.11 Å². The molecule has 13 heavy (non-hydrogen) atoms. The van der Waals surface area contributed by atoms with Crippen molar-refractivity contribution in [1.82, 2.24) is 4.98 Å². The minimum Gasteiger partial charge on any atom is -0.481 e. The number of carboxylic acid groups (broad SMARTS) is 1. The number of aromatic nitrogens is 1. The highest BCUT2D eigenvalue weighted by atomic mass is 35.5. The highest BCUT2D eigenvalue weighted by Crippen LogP contribution is 2.06. The molecule has 0 bridgehead atoms. The molecule has 0 saturated heterocycles. The van der Waals surface area contributed by atoms with E-state index in [1.54, 1.807) is 6.20 Å². The third-order valence-corrected chi connectivity index (χ3v) is 1.72. The molecule has 0 aliphatic carbocycles. The summed E-state index contributed by atoms with van der Waals surface area (Å²) >= 11 is 0. The van der Waals surface area contributed by atoms with Crippen molar-refractivity contribution >= 4 is 18.4 Å². The van der Waals surface area contributed by atoms with Gasteiger partial charge in [0.2, 0.25) is 0 Å². The lowest BCUT2D eigenvalue weighted by Gasteiger charge is -2.00. The number of hydrogen-bond acceptors (Lipinski definition) is 2. The quantitative estimate of drug-likeness (QED) is 0.812. The standard InChI is InChI=1S/C9H11NO2.ClH/c1-7-8(3-2-6-10-7)4-5-9(11)12;/h2-3,6H,4-5H2,1H3,(H,11,12);1H. The predicted octanol–water partition coefficient (Wildman–Crippen LogP) is 1.83. The average molecular weight is 202 g/mol. The molecule has 0 aromatic carbocycles. The van der Waals surface area contributed by atoms with Crippen LogP contribution in [0.5, 0.6) is 0 Å². The van der Waals surface area contributed by atoms with E-state index in [1.165, 1.54) is 0 Å². The highest BCUT2D eigenvalue weighted by Gasteiger charge is 2.01. The number of hydrogen-bond donors (Lipinski definition) is 1. The third kappa shape index (κ3) is 3.90. The number of nitrogens with zero attached hydrogens (tertiary/aromatic N) is 1. The van der Waals surface area contributed by atoms with Gasteiger partial charge in [0, 0.05) is 18.3 Å². The molecule has 0 aliphatic heterocycles. The fourth-order valence-electron chi connectivity index (χ4n) is 1.02. The zero-order valence-electron chi connectivity index (χ0n) is 7.36. The van der Waals surface area contributed by atoms with Crippen molar-refractivity contribution in [1.29, 1.82) is 0 Å². The molecule has 0 amide bonds. The first-order chi connectivity index (χ1) is 5.70. The summed E-state index contributed by atoms with van der Waals surface area (Å²) in [5.41, 5.74) is 1.93. The molecule has 1 aromatic rings. The van der Waals surface area contributed by atoms with Crippen LogP contribution >= 0.6 is 12.4 Å². The molecule has 3 nitrogen and oxygen atoms in total. The van der Waals surface area contributed by atoms with Crippen LogP contribution in [0.3, 0.4) is 0 Å². The number of carboxylic acids is 1. The van der Waals surface area contributed by atoms with E-state index in [0.29, 0.717) is 6.42 Å². The Labute approximate surface area is 83.2 Å². The van der Waals surface area contributed by atoms with Crippen LogP contribution in [0.4, 0.5) is 0 Å². The summed E-state index contributed by atoms with van der Waals surface area (Å²) in [6.45, 7) is 1.89. The van der Waals surface area contributed by atoms with Crippen LogP contribution < -0.4 is 0 Å². The lowest BCUT2D eigenvalue weighted by molar-refractivity contribution is -0.136. The van der Waals surface area contributed by atoms with Crippen molar-refractivity contribution < 1.29 is 9.90 Å². The Hall–Kier alpha value is -1.09. The van der Waals surface area contributed by atoms with Gasteiger partial charge in [0.15, 0.2) is 0 Å². The SMILES string of the molecule is Cc1ncccc1CCC(=O)O.Cl. The Morgan fingerprint density at radius 3 is 2.85 bits per heavy atom. The number of rotatable bonds is 3. The molecule has 0 aliphatic rings. The number of aryl methyl sites for hydroxylation is 2. The summed E-state index contributed by atoms with van der Waals surface area (Å²) in [6, 6.07) is 3.73. The first-order valence-corrected chi connectivity index (χ1v) is 3.82. The van der Waals surface area contributed by atoms with Gasteiger partial charge in [-0.2, -0.15) is 0 Å². The van der Waals surface area contributed by atoms with Crippen LogP contribution in [0.15, 0.2) is 18.3 Å². The summed E-state index contributed by atoms with van der Waals surface area (Å²) in [4.78, 5) is 14.3. The molecule has 0 saturated carbocycles. The zero-order valence-corrected chi connectivity index (χ0v) is 8.17. The van der Waals surface area contributed by atoms with E-state index in [2.05, 4.69) is 4.98 Å². The monoisotopic (exact) mass is 201 g/mol. The van der Waals surface area contributed by atoms with E-state index < -0.39 is 5.97 Å². The number of aliphatic carboxylic acids is 1. The zero-order chi connectivity index (χ0) is 8.97. The summed E-state index contributed by atoms with van der Waals surface area (Å²) in [6.07, 6.45) is 2.45. The predicted molar refractivity (Wildman–Crippen MR) is 52.2 cm³/mol. The van der Waals surface area contributed by atoms with Gasteiger partial charge in [0.1, 0.15) is 0 Å². The van der Waals surface area contributed by atoms with Crippen LogP contribution in [0.25, 0.3) is 0 Å². The molecule has 1 N–H and O–H groups in total. The first kappa shape index (κ1) is 11.9. The summed E-state index contributed by atoms with van der Waals surface area (Å²) in [7, 11) is 0. The molecule has 0 fully saturated rings. The molecule has 1 heterocycles. The van der Waals surface area contributed by atoms with Crippen molar-refractivity contribution in [2.24, 2.45) is 0 Å². The van der Waals surface area contributed by atoms with Gasteiger partial charge in [0.25, 0.3) is 0 Å². The molecular weight excluding hydrogens is 190 g/mol. The topological polar surface area (TPSA) is 50.2 Å². The normalized spacial score (nSPS) is 9.00. The van der Waals surface area contributed by atoms with Crippen LogP contribution in [-0.2, 0) is 11.2 Å². The molecule has 0 atom stereocenters. The highest BCUT2D eigenvalue weighted by molar-refractivity contribution is 5.85. The van der Waals surface area contributed by atoms with Crippen LogP contribution in [0, 0.1) is 6.92 Å². The second-order valence-corrected chi connectivity index (χ2v) is 2.64. The largest absolute Gasteiger partial charge is 0.481 e. The maximum Gasteiger partial charge on any atom is 0.303 e. The molecule has 0 unspecified atom stereocenters. The Morgan fingerprint density at radius 2 is 2.31 bits per heavy atom. The van der Waals surface area contributed by atoms with Gasteiger partial charge in [-0.1, -0.05) is 6.07 Å². The Kier molecular flexibility index (Phi) is 5.07. The molecule has 4 heteroatoms. The first-order valence-electron chi connectivity index (χ1n) is 3.82. The van der Waals surface area contributed by atoms with Crippen molar-refractivity contribution in [2.75, 3.05) is 0 Å². The van der Waals surface area contributed by atoms with Gasteiger partial charge in [-0.15, -0.1) is 12.4 Å². The Balaban J connectivity index is 0.00000144. The van der Waals surface area contributed by atoms with Crippen LogP contribution in [-0.4, -0.2) is 16.1 Å². The maximum atomic E-state index is 10.3. The van der Waals surface area contributed by atoms with Crippen molar-refractivity contribution in [3.05, 3.63) is 29.6 Å². The van der Waals surface area contributed by atoms with Crippen molar-refractivity contribution in [3.63, 3.8) is 0 Å². The van der Waals surface area contributed by atoms with Gasteiger partial charge in [-0.3, -0.25) is 9.78 Å². The van der Waals surface area contributed by atoms with E-state index >= 15 is 0 Å².